The van der Waals surface area contributed by atoms with Gasteiger partial charge in [-0.25, -0.2) is 0 Å². The summed E-state index contributed by atoms with van der Waals surface area (Å²) < 4.78 is 0.933. The molecule has 1 aromatic heterocycles. The van der Waals surface area contributed by atoms with Gasteiger partial charge < -0.3 is 0 Å². The molecular weight excluding hydrogens is 272 g/mol. The Bertz CT molecular complexity index is 526. The minimum Gasteiger partial charge on any atom is -0.264 e. The maximum Gasteiger partial charge on any atom is 0.280 e. The number of halogens is 1. The van der Waals surface area contributed by atoms with Crippen LogP contribution in [-0.4, -0.2) is 9.91 Å². The van der Waals surface area contributed by atoms with Crippen molar-refractivity contribution in [1.29, 1.82) is 0 Å². The van der Waals surface area contributed by atoms with Gasteiger partial charge in [-0.15, -0.1) is 0 Å². The molecule has 5 heteroatoms. The van der Waals surface area contributed by atoms with Gasteiger partial charge in [0.1, 0.15) is 0 Å². The van der Waals surface area contributed by atoms with Crippen LogP contribution in [0.5, 0.6) is 0 Å². The molecule has 80 valence electrons. The van der Waals surface area contributed by atoms with Crippen molar-refractivity contribution in [1.82, 2.24) is 4.98 Å². The Hall–Kier alpha value is -1.75. The number of hydrogen-bond acceptors (Lipinski definition) is 3. The average Bonchev–Trinajstić information content (AvgIpc) is 2.30. The molecule has 0 spiro atoms. The average molecular weight is 279 g/mol. The molecule has 0 saturated heterocycles. The first-order valence-electron chi connectivity index (χ1n) is 4.53. The number of rotatable bonds is 2. The first-order valence-corrected chi connectivity index (χ1v) is 5.32. The van der Waals surface area contributed by atoms with E-state index in [1.807, 2.05) is 24.3 Å². The van der Waals surface area contributed by atoms with E-state index in [2.05, 4.69) is 20.9 Å². The van der Waals surface area contributed by atoms with Crippen LogP contribution >= 0.6 is 15.9 Å². The molecule has 0 atom stereocenters. The zero-order valence-corrected chi connectivity index (χ0v) is 9.72. The quantitative estimate of drug-likeness (QED) is 0.625. The van der Waals surface area contributed by atoms with E-state index in [0.29, 0.717) is 5.56 Å². The van der Waals surface area contributed by atoms with Crippen LogP contribution in [0.3, 0.4) is 0 Å². The van der Waals surface area contributed by atoms with E-state index in [1.165, 1.54) is 18.5 Å². The third-order valence-electron chi connectivity index (χ3n) is 2.15. The normalized spacial score (nSPS) is 10.1. The SMILES string of the molecule is O=[N+]([O-])c1ccncc1-c1ccc(Br)cc1. The molecule has 2 aromatic rings. The predicted molar refractivity (Wildman–Crippen MR) is 64.0 cm³/mol. The summed E-state index contributed by atoms with van der Waals surface area (Å²) in [5.41, 5.74) is 1.38. The summed E-state index contributed by atoms with van der Waals surface area (Å²) in [6, 6.07) is 8.71. The minimum absolute atomic E-state index is 0.0670. The zero-order valence-electron chi connectivity index (χ0n) is 8.13. The molecule has 4 nitrogen and oxygen atoms in total. The van der Waals surface area contributed by atoms with E-state index in [0.717, 1.165) is 10.0 Å². The lowest BCUT2D eigenvalue weighted by Crippen LogP contribution is -1.92. The lowest BCUT2D eigenvalue weighted by atomic mass is 10.1. The monoisotopic (exact) mass is 278 g/mol. The zero-order chi connectivity index (χ0) is 11.5. The number of nitrogens with zero attached hydrogens (tertiary/aromatic N) is 2. The summed E-state index contributed by atoms with van der Waals surface area (Å²) in [4.78, 5) is 14.3. The molecule has 0 radical (unpaired) electrons. The number of benzene rings is 1. The topological polar surface area (TPSA) is 56.0 Å². The second-order valence-corrected chi connectivity index (χ2v) is 4.07. The van der Waals surface area contributed by atoms with Gasteiger partial charge in [-0.05, 0) is 17.7 Å². The molecule has 0 aliphatic carbocycles. The van der Waals surface area contributed by atoms with Crippen molar-refractivity contribution in [2.24, 2.45) is 0 Å². The fourth-order valence-electron chi connectivity index (χ4n) is 1.40. The smallest absolute Gasteiger partial charge is 0.264 e. The molecule has 0 amide bonds. The molecule has 2 rings (SSSR count). The van der Waals surface area contributed by atoms with E-state index >= 15 is 0 Å². The highest BCUT2D eigenvalue weighted by atomic mass is 79.9. The summed E-state index contributed by atoms with van der Waals surface area (Å²) in [5, 5.41) is 10.8. The molecule has 16 heavy (non-hydrogen) atoms. The van der Waals surface area contributed by atoms with E-state index in [9.17, 15) is 10.1 Å². The lowest BCUT2D eigenvalue weighted by Gasteiger charge is -2.02. The van der Waals surface area contributed by atoms with Crippen LogP contribution in [0.4, 0.5) is 5.69 Å². The number of nitro groups is 1. The van der Waals surface area contributed by atoms with Gasteiger partial charge in [-0.1, -0.05) is 28.1 Å². The highest BCUT2D eigenvalue weighted by Crippen LogP contribution is 2.29. The molecule has 0 N–H and O–H groups in total. The van der Waals surface area contributed by atoms with Gasteiger partial charge in [0.2, 0.25) is 0 Å². The largest absolute Gasteiger partial charge is 0.280 e. The highest BCUT2D eigenvalue weighted by molar-refractivity contribution is 9.10. The third-order valence-corrected chi connectivity index (χ3v) is 2.68. The molecule has 0 fully saturated rings. The van der Waals surface area contributed by atoms with E-state index in [4.69, 9.17) is 0 Å². The van der Waals surface area contributed by atoms with Crippen molar-refractivity contribution in [2.75, 3.05) is 0 Å². The minimum atomic E-state index is -0.404. The van der Waals surface area contributed by atoms with Gasteiger partial charge in [0.05, 0.1) is 10.5 Å². The lowest BCUT2D eigenvalue weighted by molar-refractivity contribution is -0.384. The van der Waals surface area contributed by atoms with Crippen LogP contribution in [0.2, 0.25) is 0 Å². The standard InChI is InChI=1S/C11H7BrN2O2/c12-9-3-1-8(2-4-9)10-7-13-6-5-11(10)14(15)16/h1-7H. The Kier molecular flexibility index (Phi) is 2.96. The Labute approximate surface area is 100 Å². The Morgan fingerprint density at radius 3 is 2.50 bits per heavy atom. The van der Waals surface area contributed by atoms with Gasteiger partial charge in [-0.3, -0.25) is 15.1 Å². The van der Waals surface area contributed by atoms with Gasteiger partial charge >= 0.3 is 0 Å². The summed E-state index contributed by atoms with van der Waals surface area (Å²) in [6.07, 6.45) is 2.92. The summed E-state index contributed by atoms with van der Waals surface area (Å²) in [5.74, 6) is 0. The van der Waals surface area contributed by atoms with Gasteiger partial charge in [0.25, 0.3) is 5.69 Å². The van der Waals surface area contributed by atoms with Crippen molar-refractivity contribution < 1.29 is 4.92 Å². The summed E-state index contributed by atoms with van der Waals surface area (Å²) in [7, 11) is 0. The Balaban J connectivity index is 2.55. The second-order valence-electron chi connectivity index (χ2n) is 3.16. The first-order chi connectivity index (χ1) is 7.68. The van der Waals surface area contributed by atoms with Gasteiger partial charge in [-0.2, -0.15) is 0 Å². The summed E-state index contributed by atoms with van der Waals surface area (Å²) >= 11 is 3.32. The van der Waals surface area contributed by atoms with Crippen molar-refractivity contribution in [3.8, 4) is 11.1 Å². The van der Waals surface area contributed by atoms with E-state index in [-0.39, 0.29) is 5.69 Å². The van der Waals surface area contributed by atoms with E-state index < -0.39 is 4.92 Å². The molecular formula is C11H7BrN2O2. The van der Waals surface area contributed by atoms with Crippen molar-refractivity contribution in [3.63, 3.8) is 0 Å². The molecule has 0 aliphatic heterocycles. The fraction of sp³-hybridized carbons (Fsp3) is 0. The van der Waals surface area contributed by atoms with E-state index in [1.54, 1.807) is 0 Å². The van der Waals surface area contributed by atoms with Crippen molar-refractivity contribution in [2.45, 2.75) is 0 Å². The fourth-order valence-corrected chi connectivity index (χ4v) is 1.66. The predicted octanol–water partition coefficient (Wildman–Crippen LogP) is 3.42. The number of hydrogen-bond donors (Lipinski definition) is 0. The van der Waals surface area contributed by atoms with Crippen LogP contribution in [0.1, 0.15) is 0 Å². The summed E-state index contributed by atoms with van der Waals surface area (Å²) in [6.45, 7) is 0. The van der Waals surface area contributed by atoms with Crippen molar-refractivity contribution in [3.05, 3.63) is 57.3 Å². The number of aromatic nitrogens is 1. The molecule has 1 aromatic carbocycles. The molecule has 0 unspecified atom stereocenters. The van der Waals surface area contributed by atoms with Gasteiger partial charge in [0.15, 0.2) is 0 Å². The van der Waals surface area contributed by atoms with Crippen LogP contribution in [0.15, 0.2) is 47.2 Å². The molecule has 0 bridgehead atoms. The van der Waals surface area contributed by atoms with Crippen LogP contribution < -0.4 is 0 Å². The molecule has 0 aliphatic rings. The Morgan fingerprint density at radius 1 is 1.19 bits per heavy atom. The molecule has 1 heterocycles. The maximum atomic E-state index is 10.8. The van der Waals surface area contributed by atoms with Crippen molar-refractivity contribution >= 4 is 21.6 Å². The Morgan fingerprint density at radius 2 is 1.88 bits per heavy atom. The third kappa shape index (κ3) is 2.09. The molecule has 0 saturated carbocycles. The van der Waals surface area contributed by atoms with Gasteiger partial charge in [0, 0.05) is 22.9 Å². The van der Waals surface area contributed by atoms with Crippen LogP contribution in [-0.2, 0) is 0 Å². The second kappa shape index (κ2) is 4.40. The van der Waals surface area contributed by atoms with Crippen LogP contribution in [0, 0.1) is 10.1 Å². The first kappa shape index (κ1) is 10.8. The number of pyridine rings is 1. The highest BCUT2D eigenvalue weighted by Gasteiger charge is 2.14. The maximum absolute atomic E-state index is 10.8. The van der Waals surface area contributed by atoms with Crippen LogP contribution in [0.25, 0.3) is 11.1 Å².